The van der Waals surface area contributed by atoms with E-state index in [0.717, 1.165) is 0 Å². The average Bonchev–Trinajstić information content (AvgIpc) is 2.96. The van der Waals surface area contributed by atoms with E-state index in [1.807, 2.05) is 0 Å². The molecule has 0 bridgehead atoms. The summed E-state index contributed by atoms with van der Waals surface area (Å²) in [6.45, 7) is 0. The van der Waals surface area contributed by atoms with Crippen molar-refractivity contribution >= 4 is 23.1 Å². The Morgan fingerprint density at radius 3 is 3.00 bits per heavy atom. The van der Waals surface area contributed by atoms with Crippen molar-refractivity contribution in [3.63, 3.8) is 0 Å². The quantitative estimate of drug-likeness (QED) is 0.738. The number of methoxy groups -OCH3 is 1. The van der Waals surface area contributed by atoms with Crippen LogP contribution in [0.4, 0.5) is 12.0 Å². The number of rotatable bonds is 3. The molecule has 3 rings (SSSR count). The normalized spacial score (nSPS) is 10.6. The Morgan fingerprint density at radius 1 is 1.29 bits per heavy atom. The van der Waals surface area contributed by atoms with Gasteiger partial charge in [-0.15, -0.1) is 5.10 Å². The van der Waals surface area contributed by atoms with Gasteiger partial charge in [-0.1, -0.05) is 5.10 Å². The molecule has 0 aliphatic rings. The van der Waals surface area contributed by atoms with E-state index in [-0.39, 0.29) is 12.0 Å². The summed E-state index contributed by atoms with van der Waals surface area (Å²) < 4.78 is 15.5. The summed E-state index contributed by atoms with van der Waals surface area (Å²) in [5.41, 5.74) is 1.33. The molecule has 0 saturated carbocycles. The number of hydrogen-bond acceptors (Lipinski definition) is 7. The van der Waals surface area contributed by atoms with Gasteiger partial charge in [0.2, 0.25) is 6.39 Å². The summed E-state index contributed by atoms with van der Waals surface area (Å²) in [5.74, 6) is 0.706. The number of aromatic nitrogens is 3. The molecule has 17 heavy (non-hydrogen) atoms. The second-order valence-corrected chi connectivity index (χ2v) is 3.22. The molecule has 0 atom stereocenters. The van der Waals surface area contributed by atoms with Crippen LogP contribution in [-0.2, 0) is 0 Å². The topological polar surface area (TPSA) is 86.2 Å². The summed E-state index contributed by atoms with van der Waals surface area (Å²) in [4.78, 5) is 4.20. The molecule has 7 heteroatoms. The minimum atomic E-state index is 0.225. The third-order valence-corrected chi connectivity index (χ3v) is 2.17. The van der Waals surface area contributed by atoms with E-state index in [1.165, 1.54) is 6.39 Å². The first kappa shape index (κ1) is 9.64. The predicted octanol–water partition coefficient (Wildman–Crippen LogP) is 1.96. The maximum Gasteiger partial charge on any atom is 0.323 e. The van der Waals surface area contributed by atoms with Gasteiger partial charge >= 0.3 is 12.0 Å². The van der Waals surface area contributed by atoms with Crippen molar-refractivity contribution < 1.29 is 13.6 Å². The fourth-order valence-corrected chi connectivity index (χ4v) is 1.40. The van der Waals surface area contributed by atoms with Crippen LogP contribution in [0, 0.1) is 0 Å². The van der Waals surface area contributed by atoms with Crippen molar-refractivity contribution in [1.82, 2.24) is 15.2 Å². The summed E-state index contributed by atoms with van der Waals surface area (Å²) in [5, 5.41) is 9.95. The average molecular weight is 232 g/mol. The molecular weight excluding hydrogens is 224 g/mol. The molecule has 0 radical (unpaired) electrons. The van der Waals surface area contributed by atoms with Crippen LogP contribution in [-0.4, -0.2) is 22.3 Å². The first-order valence-corrected chi connectivity index (χ1v) is 4.83. The Bertz CT molecular complexity index is 632. The first-order valence-electron chi connectivity index (χ1n) is 4.83. The number of nitrogens with one attached hydrogen (secondary N) is 1. The minimum absolute atomic E-state index is 0.225. The second kappa shape index (κ2) is 3.78. The number of ether oxygens (including phenoxy) is 1. The van der Waals surface area contributed by atoms with Crippen molar-refractivity contribution in [2.75, 3.05) is 12.4 Å². The molecule has 3 aromatic rings. The van der Waals surface area contributed by atoms with Gasteiger partial charge in [0.25, 0.3) is 0 Å². The third kappa shape index (κ3) is 1.78. The number of nitrogens with zero attached hydrogens (tertiary/aromatic N) is 3. The zero-order chi connectivity index (χ0) is 11.7. The number of fused-ring (bicyclic) bond motifs is 1. The predicted molar refractivity (Wildman–Crippen MR) is 58.1 cm³/mol. The van der Waals surface area contributed by atoms with E-state index in [1.54, 1.807) is 25.3 Å². The lowest BCUT2D eigenvalue weighted by molar-refractivity contribution is 0.414. The van der Waals surface area contributed by atoms with Crippen LogP contribution in [0.1, 0.15) is 0 Å². The SMILES string of the molecule is COc1ccc2nc(Nc3nnco3)oc2c1. The van der Waals surface area contributed by atoms with Crippen LogP contribution in [0.25, 0.3) is 11.1 Å². The van der Waals surface area contributed by atoms with Crippen LogP contribution in [0.3, 0.4) is 0 Å². The van der Waals surface area contributed by atoms with Crippen molar-refractivity contribution in [2.24, 2.45) is 0 Å². The molecule has 7 nitrogen and oxygen atoms in total. The van der Waals surface area contributed by atoms with Crippen LogP contribution in [0.2, 0.25) is 0 Å². The van der Waals surface area contributed by atoms with Gasteiger partial charge < -0.3 is 13.6 Å². The van der Waals surface area contributed by atoms with Gasteiger partial charge in [-0.05, 0) is 12.1 Å². The van der Waals surface area contributed by atoms with Gasteiger partial charge in [0, 0.05) is 6.07 Å². The lowest BCUT2D eigenvalue weighted by atomic mass is 10.3. The van der Waals surface area contributed by atoms with Crippen molar-refractivity contribution in [3.05, 3.63) is 24.6 Å². The number of benzene rings is 1. The van der Waals surface area contributed by atoms with Gasteiger partial charge in [-0.2, -0.15) is 4.98 Å². The fraction of sp³-hybridized carbons (Fsp3) is 0.100. The van der Waals surface area contributed by atoms with E-state index in [2.05, 4.69) is 20.5 Å². The zero-order valence-corrected chi connectivity index (χ0v) is 8.88. The van der Waals surface area contributed by atoms with Gasteiger partial charge in [0.05, 0.1) is 7.11 Å². The molecule has 86 valence electrons. The monoisotopic (exact) mass is 232 g/mol. The smallest absolute Gasteiger partial charge is 0.323 e. The largest absolute Gasteiger partial charge is 0.497 e. The zero-order valence-electron chi connectivity index (χ0n) is 8.88. The lowest BCUT2D eigenvalue weighted by Crippen LogP contribution is -1.89. The molecule has 1 aromatic carbocycles. The van der Waals surface area contributed by atoms with Gasteiger partial charge in [-0.3, -0.25) is 5.32 Å². The van der Waals surface area contributed by atoms with Gasteiger partial charge in [0.15, 0.2) is 5.58 Å². The van der Waals surface area contributed by atoms with E-state index in [0.29, 0.717) is 16.8 Å². The summed E-state index contributed by atoms with van der Waals surface area (Å²) in [6, 6.07) is 5.88. The molecule has 0 fully saturated rings. The first-order chi connectivity index (χ1) is 8.35. The highest BCUT2D eigenvalue weighted by Crippen LogP contribution is 2.24. The highest BCUT2D eigenvalue weighted by Gasteiger charge is 2.08. The Balaban J connectivity index is 1.96. The third-order valence-electron chi connectivity index (χ3n) is 2.17. The molecule has 1 N–H and O–H groups in total. The van der Waals surface area contributed by atoms with Crippen LogP contribution in [0.5, 0.6) is 5.75 Å². The lowest BCUT2D eigenvalue weighted by Gasteiger charge is -1.95. The highest BCUT2D eigenvalue weighted by atomic mass is 16.5. The summed E-state index contributed by atoms with van der Waals surface area (Å²) in [6.07, 6.45) is 1.22. The molecule has 0 saturated heterocycles. The fourth-order valence-electron chi connectivity index (χ4n) is 1.40. The molecule has 0 amide bonds. The number of anilines is 2. The molecule has 0 aliphatic carbocycles. The van der Waals surface area contributed by atoms with Crippen LogP contribution in [0.15, 0.2) is 33.4 Å². The minimum Gasteiger partial charge on any atom is -0.497 e. The van der Waals surface area contributed by atoms with Crippen molar-refractivity contribution in [2.45, 2.75) is 0 Å². The Hall–Kier alpha value is -2.57. The van der Waals surface area contributed by atoms with E-state index in [9.17, 15) is 0 Å². The number of hydrogen-bond donors (Lipinski definition) is 1. The Morgan fingerprint density at radius 2 is 2.24 bits per heavy atom. The van der Waals surface area contributed by atoms with E-state index in [4.69, 9.17) is 13.6 Å². The molecule has 2 aromatic heterocycles. The molecular formula is C10H8N4O3. The maximum atomic E-state index is 5.45. The summed E-state index contributed by atoms with van der Waals surface area (Å²) in [7, 11) is 1.59. The molecule has 0 aliphatic heterocycles. The van der Waals surface area contributed by atoms with Crippen LogP contribution >= 0.6 is 0 Å². The Kier molecular flexibility index (Phi) is 2.14. The van der Waals surface area contributed by atoms with E-state index >= 15 is 0 Å². The summed E-state index contributed by atoms with van der Waals surface area (Å²) >= 11 is 0. The molecule has 2 heterocycles. The standard InChI is InChI=1S/C10H8N4O3/c1-15-6-2-3-7-8(4-6)17-9(12-7)13-10-14-11-5-16-10/h2-5H,1H3,(H,12,13,14). The number of oxazole rings is 1. The van der Waals surface area contributed by atoms with Gasteiger partial charge in [-0.25, -0.2) is 0 Å². The maximum absolute atomic E-state index is 5.45. The second-order valence-electron chi connectivity index (χ2n) is 3.22. The van der Waals surface area contributed by atoms with Gasteiger partial charge in [0.1, 0.15) is 11.3 Å². The van der Waals surface area contributed by atoms with Crippen molar-refractivity contribution in [3.8, 4) is 5.75 Å². The van der Waals surface area contributed by atoms with Crippen LogP contribution < -0.4 is 10.1 Å². The van der Waals surface area contributed by atoms with E-state index < -0.39 is 0 Å². The molecule has 0 unspecified atom stereocenters. The Labute approximate surface area is 95.4 Å². The highest BCUT2D eigenvalue weighted by molar-refractivity contribution is 5.76. The van der Waals surface area contributed by atoms with Crippen molar-refractivity contribution in [1.29, 1.82) is 0 Å². The molecule has 0 spiro atoms.